The molecule has 0 amide bonds. The third kappa shape index (κ3) is 4.57. The van der Waals surface area contributed by atoms with Gasteiger partial charge in [0.25, 0.3) is 0 Å². The number of aryl methyl sites for hydroxylation is 2. The van der Waals surface area contributed by atoms with E-state index in [9.17, 15) is 4.79 Å². The molecule has 0 unspecified atom stereocenters. The summed E-state index contributed by atoms with van der Waals surface area (Å²) in [6, 6.07) is 26.1. The molecule has 25 heavy (non-hydrogen) atoms. The molecule has 0 radical (unpaired) electrons. The molecular formula is C23H23NO. The molecule has 3 rings (SSSR count). The Morgan fingerprint density at radius 3 is 1.96 bits per heavy atom. The van der Waals surface area contributed by atoms with Gasteiger partial charge < -0.3 is 5.32 Å². The molecule has 2 nitrogen and oxygen atoms in total. The zero-order valence-corrected chi connectivity index (χ0v) is 14.7. The van der Waals surface area contributed by atoms with Crippen molar-refractivity contribution >= 4 is 11.5 Å². The van der Waals surface area contributed by atoms with Gasteiger partial charge in [-0.3, -0.25) is 4.79 Å². The van der Waals surface area contributed by atoms with Crippen LogP contribution in [-0.2, 0) is 0 Å². The molecule has 0 aliphatic carbocycles. The van der Waals surface area contributed by atoms with Crippen LogP contribution >= 0.6 is 0 Å². The fourth-order valence-corrected chi connectivity index (χ4v) is 2.83. The van der Waals surface area contributed by atoms with E-state index >= 15 is 0 Å². The number of benzene rings is 3. The summed E-state index contributed by atoms with van der Waals surface area (Å²) in [5.41, 5.74) is 5.28. The minimum Gasteiger partial charge on any atom is -0.378 e. The lowest BCUT2D eigenvalue weighted by Crippen LogP contribution is -2.15. The van der Waals surface area contributed by atoms with Gasteiger partial charge in [0.05, 0.1) is 6.04 Å². The lowest BCUT2D eigenvalue weighted by molar-refractivity contribution is 0.0976. The van der Waals surface area contributed by atoms with E-state index in [0.29, 0.717) is 6.42 Å². The third-order valence-corrected chi connectivity index (χ3v) is 4.36. The van der Waals surface area contributed by atoms with Gasteiger partial charge in [-0.25, -0.2) is 0 Å². The maximum absolute atomic E-state index is 12.7. The molecule has 0 bridgehead atoms. The zero-order chi connectivity index (χ0) is 17.6. The molecule has 0 saturated heterocycles. The number of nitrogens with one attached hydrogen (secondary N) is 1. The first-order valence-electron chi connectivity index (χ1n) is 8.60. The van der Waals surface area contributed by atoms with E-state index in [1.165, 1.54) is 5.56 Å². The number of carbonyl (C=O) groups excluding carboxylic acids is 1. The second kappa shape index (κ2) is 7.80. The Hall–Kier alpha value is -2.87. The summed E-state index contributed by atoms with van der Waals surface area (Å²) < 4.78 is 0. The maximum atomic E-state index is 12.7. The summed E-state index contributed by atoms with van der Waals surface area (Å²) in [5, 5.41) is 3.51. The van der Waals surface area contributed by atoms with E-state index in [-0.39, 0.29) is 11.8 Å². The highest BCUT2D eigenvalue weighted by Gasteiger charge is 2.17. The van der Waals surface area contributed by atoms with Gasteiger partial charge in [-0.15, -0.1) is 0 Å². The number of rotatable bonds is 6. The van der Waals surface area contributed by atoms with Crippen LogP contribution in [0.1, 0.15) is 39.5 Å². The van der Waals surface area contributed by atoms with E-state index < -0.39 is 0 Å². The predicted molar refractivity (Wildman–Crippen MR) is 104 cm³/mol. The van der Waals surface area contributed by atoms with E-state index in [2.05, 4.69) is 48.6 Å². The highest BCUT2D eigenvalue weighted by Crippen LogP contribution is 2.25. The Morgan fingerprint density at radius 2 is 1.36 bits per heavy atom. The summed E-state index contributed by atoms with van der Waals surface area (Å²) in [6.45, 7) is 4.10. The Balaban J connectivity index is 1.82. The first kappa shape index (κ1) is 17.0. The van der Waals surface area contributed by atoms with Gasteiger partial charge >= 0.3 is 0 Å². The maximum Gasteiger partial charge on any atom is 0.165 e. The average molecular weight is 329 g/mol. The van der Waals surface area contributed by atoms with Crippen LogP contribution in [0.25, 0.3) is 0 Å². The van der Waals surface area contributed by atoms with E-state index in [1.54, 1.807) is 0 Å². The molecule has 0 aliphatic rings. The van der Waals surface area contributed by atoms with Crippen LogP contribution in [0, 0.1) is 13.8 Å². The van der Waals surface area contributed by atoms with Crippen LogP contribution in [0.5, 0.6) is 0 Å². The van der Waals surface area contributed by atoms with E-state index in [4.69, 9.17) is 0 Å². The van der Waals surface area contributed by atoms with Crippen molar-refractivity contribution in [2.75, 3.05) is 5.32 Å². The summed E-state index contributed by atoms with van der Waals surface area (Å²) in [7, 11) is 0. The fraction of sp³-hybridized carbons (Fsp3) is 0.174. The van der Waals surface area contributed by atoms with Crippen molar-refractivity contribution < 1.29 is 4.79 Å². The molecule has 0 fully saturated rings. The molecule has 126 valence electrons. The van der Waals surface area contributed by atoms with Crippen LogP contribution in [0.2, 0.25) is 0 Å². The number of hydrogen-bond acceptors (Lipinski definition) is 2. The zero-order valence-electron chi connectivity index (χ0n) is 14.7. The second-order valence-corrected chi connectivity index (χ2v) is 6.47. The van der Waals surface area contributed by atoms with E-state index in [1.807, 2.05) is 49.4 Å². The SMILES string of the molecule is Cc1ccc(N[C@H](CC(=O)c2ccc(C)cc2)c2ccccc2)cc1. The Kier molecular flexibility index (Phi) is 5.30. The molecule has 0 saturated carbocycles. The molecule has 3 aromatic rings. The Bertz CT molecular complexity index is 820. The smallest absolute Gasteiger partial charge is 0.165 e. The van der Waals surface area contributed by atoms with Crippen molar-refractivity contribution in [1.29, 1.82) is 0 Å². The molecule has 0 aliphatic heterocycles. The number of carbonyl (C=O) groups is 1. The van der Waals surface area contributed by atoms with Crippen molar-refractivity contribution in [3.05, 3.63) is 101 Å². The van der Waals surface area contributed by atoms with Gasteiger partial charge in [-0.1, -0.05) is 77.9 Å². The minimum atomic E-state index is -0.0577. The molecular weight excluding hydrogens is 306 g/mol. The molecule has 0 aromatic heterocycles. The van der Waals surface area contributed by atoms with Gasteiger partial charge in [0.1, 0.15) is 0 Å². The number of ketones is 1. The normalized spacial score (nSPS) is 11.8. The van der Waals surface area contributed by atoms with Crippen LogP contribution in [-0.4, -0.2) is 5.78 Å². The van der Waals surface area contributed by atoms with Crippen LogP contribution in [0.4, 0.5) is 5.69 Å². The molecule has 1 atom stereocenters. The lowest BCUT2D eigenvalue weighted by Gasteiger charge is -2.20. The van der Waals surface area contributed by atoms with E-state index in [0.717, 1.165) is 22.4 Å². The first-order chi connectivity index (χ1) is 12.1. The summed E-state index contributed by atoms with van der Waals surface area (Å²) in [4.78, 5) is 12.7. The fourth-order valence-electron chi connectivity index (χ4n) is 2.83. The van der Waals surface area contributed by atoms with Crippen molar-refractivity contribution in [2.45, 2.75) is 26.3 Å². The van der Waals surface area contributed by atoms with Gasteiger partial charge in [-0.05, 0) is 31.5 Å². The van der Waals surface area contributed by atoms with Crippen molar-refractivity contribution in [1.82, 2.24) is 0 Å². The van der Waals surface area contributed by atoms with Crippen LogP contribution in [0.3, 0.4) is 0 Å². The predicted octanol–water partition coefficient (Wildman–Crippen LogP) is 5.73. The highest BCUT2D eigenvalue weighted by molar-refractivity contribution is 5.96. The number of hydrogen-bond donors (Lipinski definition) is 1. The van der Waals surface area contributed by atoms with Gasteiger partial charge in [0.2, 0.25) is 0 Å². The lowest BCUT2D eigenvalue weighted by atomic mass is 9.97. The summed E-state index contributed by atoms with van der Waals surface area (Å²) in [6.07, 6.45) is 0.418. The van der Waals surface area contributed by atoms with Crippen LogP contribution < -0.4 is 5.32 Å². The minimum absolute atomic E-state index is 0.0577. The van der Waals surface area contributed by atoms with Gasteiger partial charge in [0, 0.05) is 17.7 Å². The van der Waals surface area contributed by atoms with Crippen molar-refractivity contribution in [3.8, 4) is 0 Å². The molecule has 2 heteroatoms. The quantitative estimate of drug-likeness (QED) is 0.585. The topological polar surface area (TPSA) is 29.1 Å². The van der Waals surface area contributed by atoms with Gasteiger partial charge in [-0.2, -0.15) is 0 Å². The average Bonchev–Trinajstić information content (AvgIpc) is 2.64. The van der Waals surface area contributed by atoms with Crippen molar-refractivity contribution in [2.24, 2.45) is 0 Å². The summed E-state index contributed by atoms with van der Waals surface area (Å²) in [5.74, 6) is 0.147. The van der Waals surface area contributed by atoms with Gasteiger partial charge in [0.15, 0.2) is 5.78 Å². The molecule has 0 spiro atoms. The number of Topliss-reactive ketones (excluding diaryl/α,β-unsaturated/α-hetero) is 1. The first-order valence-corrected chi connectivity index (χ1v) is 8.60. The molecule has 1 N–H and O–H groups in total. The highest BCUT2D eigenvalue weighted by atomic mass is 16.1. The van der Waals surface area contributed by atoms with Crippen LogP contribution in [0.15, 0.2) is 78.9 Å². The standard InChI is InChI=1S/C23H23NO/c1-17-8-12-20(13-9-17)23(25)16-22(19-6-4-3-5-7-19)24-21-14-10-18(2)11-15-21/h3-15,22,24H,16H2,1-2H3/t22-/m1/s1. The third-order valence-electron chi connectivity index (χ3n) is 4.36. The largest absolute Gasteiger partial charge is 0.378 e. The Morgan fingerprint density at radius 1 is 0.800 bits per heavy atom. The molecule has 3 aromatic carbocycles. The van der Waals surface area contributed by atoms with Crippen molar-refractivity contribution in [3.63, 3.8) is 0 Å². The number of anilines is 1. The molecule has 0 heterocycles. The summed E-state index contributed by atoms with van der Waals surface area (Å²) >= 11 is 0. The monoisotopic (exact) mass is 329 g/mol. The Labute approximate surface area is 149 Å². The second-order valence-electron chi connectivity index (χ2n) is 6.47.